The van der Waals surface area contributed by atoms with Crippen LogP contribution in [0.15, 0.2) is 16.8 Å². The van der Waals surface area contributed by atoms with E-state index in [4.69, 9.17) is 0 Å². The molecule has 0 aliphatic heterocycles. The van der Waals surface area contributed by atoms with Gasteiger partial charge in [-0.05, 0) is 91.1 Å². The Morgan fingerprint density at radius 1 is 1.13 bits per heavy atom. The van der Waals surface area contributed by atoms with Crippen molar-refractivity contribution in [1.29, 1.82) is 0 Å². The minimum atomic E-state index is -0.918. The fourth-order valence-corrected chi connectivity index (χ4v) is 8.60. The predicted octanol–water partition coefficient (Wildman–Crippen LogP) is 6.01. The van der Waals surface area contributed by atoms with E-state index < -0.39 is 6.10 Å². The Hall–Kier alpha value is -1.16. The van der Waals surface area contributed by atoms with Crippen molar-refractivity contribution in [3.05, 3.63) is 11.6 Å². The summed E-state index contributed by atoms with van der Waals surface area (Å²) in [5.74, 6) is 3.69. The van der Waals surface area contributed by atoms with Gasteiger partial charge in [-0.3, -0.25) is 4.79 Å². The SMILES string of the molecule is CC(C)CCC[C@@H](C)[C@H]1CC[C@H]2[C@@H]3C/C(=N\O)C4=CC(=O)[C@H](O)C[C@]4(C)[C@H]3CC[C@]12C. The fraction of sp³-hybridized carbons (Fsp3) is 0.852. The number of hydrogen-bond donors (Lipinski definition) is 2. The summed E-state index contributed by atoms with van der Waals surface area (Å²) in [5.41, 5.74) is 1.69. The molecule has 0 radical (unpaired) electrons. The van der Waals surface area contributed by atoms with E-state index in [0.717, 1.165) is 36.2 Å². The van der Waals surface area contributed by atoms with Crippen LogP contribution in [0, 0.1) is 46.3 Å². The molecule has 174 valence electrons. The standard InChI is InChI=1S/C27H43NO3/c1-16(2)7-6-8-17(3)19-9-10-20-18-13-23(28-31)22-14-24(29)25(30)15-27(22,5)21(18)11-12-26(19,20)4/h14,16-21,25,30-31H,6-13,15H2,1-5H3/b28-23+/t17-,18+,19-,20+,21+,25-,26-,27-/m1/s1. The van der Waals surface area contributed by atoms with E-state index in [-0.39, 0.29) is 11.2 Å². The number of carbonyl (C=O) groups excluding carboxylic acids is 1. The third-order valence-corrected chi connectivity index (χ3v) is 10.2. The number of nitrogens with zero attached hydrogens (tertiary/aromatic N) is 1. The number of fused-ring (bicyclic) bond motifs is 5. The molecule has 4 heteroatoms. The molecule has 0 bridgehead atoms. The van der Waals surface area contributed by atoms with Crippen LogP contribution in [0.1, 0.15) is 92.4 Å². The largest absolute Gasteiger partial charge is 0.411 e. The number of allylic oxidation sites excluding steroid dienone is 1. The van der Waals surface area contributed by atoms with Gasteiger partial charge < -0.3 is 10.3 Å². The van der Waals surface area contributed by atoms with Crippen LogP contribution >= 0.6 is 0 Å². The first kappa shape index (κ1) is 23.0. The van der Waals surface area contributed by atoms with Crippen molar-refractivity contribution in [2.45, 2.75) is 98.5 Å². The van der Waals surface area contributed by atoms with Crippen molar-refractivity contribution in [1.82, 2.24) is 0 Å². The van der Waals surface area contributed by atoms with Gasteiger partial charge in [-0.2, -0.15) is 0 Å². The quantitative estimate of drug-likeness (QED) is 0.415. The molecule has 0 spiro atoms. The zero-order valence-corrected chi connectivity index (χ0v) is 20.2. The van der Waals surface area contributed by atoms with Crippen LogP contribution in [0.2, 0.25) is 0 Å². The highest BCUT2D eigenvalue weighted by molar-refractivity contribution is 6.09. The second-order valence-corrected chi connectivity index (χ2v) is 12.3. The molecule has 4 aliphatic rings. The zero-order valence-electron chi connectivity index (χ0n) is 20.2. The van der Waals surface area contributed by atoms with Crippen molar-refractivity contribution in [2.24, 2.45) is 51.5 Å². The molecule has 3 fully saturated rings. The Morgan fingerprint density at radius 2 is 1.87 bits per heavy atom. The zero-order chi connectivity index (χ0) is 22.6. The maximum Gasteiger partial charge on any atom is 0.184 e. The van der Waals surface area contributed by atoms with Gasteiger partial charge in [-0.25, -0.2) is 0 Å². The van der Waals surface area contributed by atoms with Gasteiger partial charge in [0.05, 0.1) is 5.71 Å². The van der Waals surface area contributed by atoms with Crippen molar-refractivity contribution in [3.63, 3.8) is 0 Å². The smallest absolute Gasteiger partial charge is 0.184 e. The van der Waals surface area contributed by atoms with E-state index in [1.807, 2.05) is 0 Å². The number of rotatable bonds is 5. The van der Waals surface area contributed by atoms with E-state index >= 15 is 0 Å². The summed E-state index contributed by atoms with van der Waals surface area (Å²) in [6.45, 7) is 11.9. The highest BCUT2D eigenvalue weighted by Gasteiger charge is 2.61. The van der Waals surface area contributed by atoms with Gasteiger partial charge >= 0.3 is 0 Å². The average Bonchev–Trinajstić information content (AvgIpc) is 3.06. The fourth-order valence-electron chi connectivity index (χ4n) is 8.60. The molecule has 0 unspecified atom stereocenters. The Balaban J connectivity index is 1.58. The van der Waals surface area contributed by atoms with Crippen LogP contribution in [-0.2, 0) is 4.79 Å². The maximum absolute atomic E-state index is 12.2. The predicted molar refractivity (Wildman–Crippen MR) is 124 cm³/mol. The first-order chi connectivity index (χ1) is 14.6. The van der Waals surface area contributed by atoms with E-state index in [1.165, 1.54) is 38.5 Å². The molecule has 31 heavy (non-hydrogen) atoms. The topological polar surface area (TPSA) is 69.9 Å². The number of oxime groups is 1. The van der Waals surface area contributed by atoms with Crippen LogP contribution < -0.4 is 0 Å². The van der Waals surface area contributed by atoms with Crippen LogP contribution in [-0.4, -0.2) is 27.9 Å². The van der Waals surface area contributed by atoms with Crippen LogP contribution in [0.25, 0.3) is 0 Å². The number of ketones is 1. The van der Waals surface area contributed by atoms with Gasteiger partial charge in [0.1, 0.15) is 6.10 Å². The summed E-state index contributed by atoms with van der Waals surface area (Å²) in [7, 11) is 0. The maximum atomic E-state index is 12.2. The van der Waals surface area contributed by atoms with Crippen LogP contribution in [0.3, 0.4) is 0 Å². The summed E-state index contributed by atoms with van der Waals surface area (Å²) >= 11 is 0. The first-order valence-electron chi connectivity index (χ1n) is 12.8. The van der Waals surface area contributed by atoms with E-state index in [9.17, 15) is 15.1 Å². The molecule has 0 aromatic carbocycles. The lowest BCUT2D eigenvalue weighted by Crippen LogP contribution is -2.54. The van der Waals surface area contributed by atoms with Crippen molar-refractivity contribution in [2.75, 3.05) is 0 Å². The summed E-state index contributed by atoms with van der Waals surface area (Å²) < 4.78 is 0. The summed E-state index contributed by atoms with van der Waals surface area (Å²) in [4.78, 5) is 12.2. The van der Waals surface area contributed by atoms with Gasteiger partial charge in [0.25, 0.3) is 0 Å². The summed E-state index contributed by atoms with van der Waals surface area (Å²) in [6, 6.07) is 0. The Labute approximate surface area is 188 Å². The lowest BCUT2D eigenvalue weighted by atomic mass is 9.46. The molecule has 4 rings (SSSR count). The van der Waals surface area contributed by atoms with Crippen molar-refractivity contribution < 1.29 is 15.1 Å². The average molecular weight is 430 g/mol. The lowest BCUT2D eigenvalue weighted by Gasteiger charge is -2.58. The molecular weight excluding hydrogens is 386 g/mol. The van der Waals surface area contributed by atoms with Crippen molar-refractivity contribution >= 4 is 11.5 Å². The molecule has 2 N–H and O–H groups in total. The second-order valence-electron chi connectivity index (χ2n) is 12.3. The van der Waals surface area contributed by atoms with E-state index in [0.29, 0.717) is 35.3 Å². The monoisotopic (exact) mass is 429 g/mol. The highest BCUT2D eigenvalue weighted by Crippen LogP contribution is 2.67. The Morgan fingerprint density at radius 3 is 2.55 bits per heavy atom. The Bertz CT molecular complexity index is 770. The molecule has 0 aromatic heterocycles. The van der Waals surface area contributed by atoms with Gasteiger partial charge in [0.2, 0.25) is 0 Å². The van der Waals surface area contributed by atoms with Gasteiger partial charge in [-0.1, -0.05) is 59.0 Å². The molecule has 0 heterocycles. The minimum Gasteiger partial charge on any atom is -0.411 e. The second kappa shape index (κ2) is 8.32. The molecule has 0 aromatic rings. The Kier molecular flexibility index (Phi) is 6.17. The minimum absolute atomic E-state index is 0.233. The highest BCUT2D eigenvalue weighted by atomic mass is 16.4. The summed E-state index contributed by atoms with van der Waals surface area (Å²) in [6.07, 6.45) is 10.9. The van der Waals surface area contributed by atoms with E-state index in [2.05, 4.69) is 39.8 Å². The molecule has 3 saturated carbocycles. The molecule has 4 nitrogen and oxygen atoms in total. The molecule has 0 amide bonds. The van der Waals surface area contributed by atoms with Gasteiger partial charge in [0.15, 0.2) is 5.78 Å². The number of carbonyl (C=O) groups is 1. The van der Waals surface area contributed by atoms with Crippen LogP contribution in [0.4, 0.5) is 0 Å². The number of aliphatic hydroxyl groups is 1. The summed E-state index contributed by atoms with van der Waals surface area (Å²) in [5, 5.41) is 23.9. The number of hydrogen-bond acceptors (Lipinski definition) is 4. The molecular formula is C27H43NO3. The number of aliphatic hydroxyl groups excluding tert-OH is 1. The normalized spacial score (nSPS) is 44.6. The van der Waals surface area contributed by atoms with Gasteiger partial charge in [0, 0.05) is 5.41 Å². The first-order valence-corrected chi connectivity index (χ1v) is 12.8. The van der Waals surface area contributed by atoms with Gasteiger partial charge in [-0.15, -0.1) is 0 Å². The third-order valence-electron chi connectivity index (χ3n) is 10.2. The lowest BCUT2D eigenvalue weighted by molar-refractivity contribution is -0.127. The molecule has 8 atom stereocenters. The third kappa shape index (κ3) is 3.71. The molecule has 4 aliphatic carbocycles. The van der Waals surface area contributed by atoms with Crippen LogP contribution in [0.5, 0.6) is 0 Å². The van der Waals surface area contributed by atoms with E-state index in [1.54, 1.807) is 6.08 Å². The molecule has 0 saturated heterocycles. The van der Waals surface area contributed by atoms with Crippen molar-refractivity contribution in [3.8, 4) is 0 Å².